The van der Waals surface area contributed by atoms with Gasteiger partial charge in [0.2, 0.25) is 0 Å². The highest BCUT2D eigenvalue weighted by molar-refractivity contribution is 8.41. The molecule has 3 heterocycles. The number of nitrogens with one attached hydrogen (secondary N) is 1. The van der Waals surface area contributed by atoms with Crippen LogP contribution in [0.1, 0.15) is 51.2 Å². The van der Waals surface area contributed by atoms with E-state index in [4.69, 9.17) is 324 Å². The average Bonchev–Trinajstić information content (AvgIpc) is 1.39. The number of fused-ring (bicyclic) bond motifs is 6. The van der Waals surface area contributed by atoms with Crippen LogP contribution in [-0.2, 0) is 19.4 Å². The summed E-state index contributed by atoms with van der Waals surface area (Å²) in [6, 6.07) is 22.3. The monoisotopic (exact) mass is 1440 g/mol. The number of aromatic amines is 1. The predicted molar refractivity (Wildman–Crippen MR) is 613 cm³/mol. The molecule has 1 N–H and O–H groups in total. The third kappa shape index (κ3) is 26.7. The first kappa shape index (κ1) is 111. The Morgan fingerprint density at radius 1 is 0.388 bits per heavy atom. The molecule has 2 unspecified atom stereocenters. The van der Waals surface area contributed by atoms with Gasteiger partial charge < -0.3 is 19.2 Å². The SMILES string of the molecule is COc1ccc2[nH]c3c(c2c1)CC1c2cc(OC)c(OCc4ccc(C)cc4F)cc2CCN1C3c1ccc(F)cc1.[B][B]B([B])B(B([B])[B])B(B(B([B])[B])B([B])[B])B(B(B(B(B([B])[B])B([B])[B])B(B([B])[B])B([B])[B])B(B(B([B])[B])B([B])[B])B(B([B])[B])B([B])[B])B(B(B(B([B])[B])B([B])[B])B(B([B])[B])B([B])[B])B(B(B([B])[B])B([B])[B])B(B([B])[B])B([B])[B]. The van der Waals surface area contributed by atoms with Crippen molar-refractivity contribution >= 4 is 570 Å². The van der Waals surface area contributed by atoms with E-state index in [-0.39, 0.29) is 30.3 Å². The van der Waals surface area contributed by atoms with Gasteiger partial charge in [0.1, 0.15) is 24.0 Å². The fourth-order valence-corrected chi connectivity index (χ4v) is 20.6. The molecule has 0 saturated heterocycles. The summed E-state index contributed by atoms with van der Waals surface area (Å²) in [6.07, 6.45) is -61.2. The fraction of sp³-hybridized carbons (Fsp3) is 0.257. The predicted octanol–water partition coefficient (Wildman–Crippen LogP) is -22.5. The summed E-state index contributed by atoms with van der Waals surface area (Å²) in [5.74, 6) is 1.51. The topological polar surface area (TPSA) is 46.7 Å². The van der Waals surface area contributed by atoms with Crippen LogP contribution < -0.4 is 14.2 Å². The molecule has 2 aliphatic heterocycles. The van der Waals surface area contributed by atoms with E-state index in [1.165, 1.54) is 34.9 Å². The Bertz CT molecular complexity index is 3610. The van der Waals surface area contributed by atoms with E-state index >= 15 is 0 Å². The van der Waals surface area contributed by atoms with Crippen LogP contribution in [0.5, 0.6) is 17.2 Å². The number of aryl methyl sites for hydroxylation is 1. The lowest BCUT2D eigenvalue weighted by Crippen LogP contribution is -2.99. The van der Waals surface area contributed by atoms with Crippen molar-refractivity contribution in [1.29, 1.82) is 0 Å². The first-order valence-electron chi connectivity index (χ1n) is 40.2. The minimum absolute atomic E-state index is 0.0685. The van der Waals surface area contributed by atoms with Gasteiger partial charge in [0.05, 0.1) is 20.3 Å². The number of ether oxygens (including phenoxy) is 3. The molecule has 4 aromatic carbocycles. The van der Waals surface area contributed by atoms with E-state index in [0.717, 1.165) is 59.9 Å². The zero-order valence-electron chi connectivity index (χ0n) is 69.4. The van der Waals surface area contributed by atoms with Crippen LogP contribution in [0.3, 0.4) is 0 Å². The highest BCUT2D eigenvalue weighted by atomic mass is 19.1. The number of hydrogen-bond donors (Lipinski definition) is 1. The first-order valence-corrected chi connectivity index (χ1v) is 40.2. The summed E-state index contributed by atoms with van der Waals surface area (Å²) >= 11 is 0. The quantitative estimate of drug-likeness (QED) is 0.0395. The van der Waals surface area contributed by atoms with E-state index in [9.17, 15) is 8.78 Å². The lowest BCUT2D eigenvalue weighted by Gasteiger charge is -2.61. The first-order chi connectivity index (χ1) is 56.4. The highest BCUT2D eigenvalue weighted by Gasteiger charge is 2.66. The van der Waals surface area contributed by atoms with Gasteiger partial charge >= 0.3 is 0 Å². The zero-order valence-corrected chi connectivity index (χ0v) is 69.4. The summed E-state index contributed by atoms with van der Waals surface area (Å²) < 4.78 is 46.0. The Balaban J connectivity index is 0.000000444. The Labute approximate surface area is 795 Å². The summed E-state index contributed by atoms with van der Waals surface area (Å²) in [5, 5.41) is 1.13. The van der Waals surface area contributed by atoms with Gasteiger partial charge in [0, 0.05) is 594 Å². The maximum Gasteiger partial charge on any atom is 0.161 e. The average molecular weight is 1420 g/mol. The molecule has 0 saturated carbocycles. The van der Waals surface area contributed by atoms with Crippen molar-refractivity contribution in [2.75, 3.05) is 20.8 Å². The molecular formula is C35H32B79F2N2O3. The molecule has 0 aliphatic carbocycles. The molecule has 5 aromatic rings. The van der Waals surface area contributed by atoms with Crippen molar-refractivity contribution in [2.24, 2.45) is 0 Å². The van der Waals surface area contributed by atoms with Crippen molar-refractivity contribution in [3.63, 3.8) is 0 Å². The van der Waals surface area contributed by atoms with Crippen molar-refractivity contribution < 1.29 is 23.0 Å². The van der Waals surface area contributed by atoms with Crippen LogP contribution in [0.4, 0.5) is 8.78 Å². The van der Waals surface area contributed by atoms with Gasteiger partial charge in [-0.15, -0.1) is 0 Å². The zero-order chi connectivity index (χ0) is 91.6. The Hall–Kier alpha value is 0.770. The molecule has 7 rings (SSSR count). The van der Waals surface area contributed by atoms with Gasteiger partial charge in [-0.1, -0.05) is 24.3 Å². The van der Waals surface area contributed by atoms with Gasteiger partial charge in [-0.05, 0) is 96.1 Å². The summed E-state index contributed by atoms with van der Waals surface area (Å²) in [5.41, 5.74) is 8.21. The molecule has 0 spiro atoms. The second-order valence-electron chi connectivity index (χ2n) is 33.3. The molecule has 0 bridgehead atoms. The number of rotatable bonds is 44. The molecular weight excluding hydrogens is 1390 g/mol. The van der Waals surface area contributed by atoms with Crippen LogP contribution >= 0.6 is 0 Å². The number of methoxy groups -OCH3 is 2. The highest BCUT2D eigenvalue weighted by Crippen LogP contribution is 2.50. The molecule has 2 atom stereocenters. The molecule has 0 amide bonds. The summed E-state index contributed by atoms with van der Waals surface area (Å²) in [7, 11) is 279. The largest absolute Gasteiger partial charge is 0.497 e. The van der Waals surface area contributed by atoms with E-state index < -0.39 is 243 Å². The summed E-state index contributed by atoms with van der Waals surface area (Å²) in [6.45, 7) is 2.80. The van der Waals surface area contributed by atoms with Gasteiger partial charge in [-0.2, -0.15) is 0 Å². The van der Waals surface area contributed by atoms with Crippen LogP contribution in [0.2, 0.25) is 0 Å². The van der Waals surface area contributed by atoms with Crippen molar-refractivity contribution in [1.82, 2.24) is 9.88 Å². The van der Waals surface area contributed by atoms with Crippen LogP contribution in [0, 0.1) is 18.6 Å². The molecule has 5 nitrogen and oxygen atoms in total. The molecule has 121 heavy (non-hydrogen) atoms. The lowest BCUT2D eigenvalue weighted by atomic mass is 8.20. The molecule has 2 aliphatic rings. The minimum atomic E-state index is -1.88. The third-order valence-electron chi connectivity index (χ3n) is 25.4. The number of halogens is 2. The van der Waals surface area contributed by atoms with Gasteiger partial charge in [0.15, 0.2) is 11.5 Å². The molecule has 451 valence electrons. The standard InChI is InChI=1S/C35H32F2N2O3.B79/c1-20-4-5-23(29(37)14-20)19-42-33-15-22-12-13-39-31(26(22)18-32(33)41-3)17-28-27-16-25(40-2)10-11-30(27)38-34(28)35(39)21-6-8-24(36)9-7-21;1-41-61(40)71(60(38)39)76(70(58(34)35)59(36)37)79(77(72(62(42(2)3)43(4)5)63(44(6)7)45(8)9)73(64(46(10)11)47(12)13)65(48(14)15)49(16)17)78(74(66(50(18)19)51(20)21)67(52(22)23)53(24)25)75(68(54(26)27)55(28)29)69(56(30)31)57(32)33/h4-11,14-16,18,31,35,38H,12-13,17,19H2,1-3H3;. The maximum atomic E-state index is 14.5. The van der Waals surface area contributed by atoms with E-state index in [0.29, 0.717) is 17.1 Å². The van der Waals surface area contributed by atoms with Crippen molar-refractivity contribution in [3.05, 3.63) is 124 Å². The Morgan fingerprint density at radius 3 is 1.04 bits per heavy atom. The van der Waals surface area contributed by atoms with E-state index in [1.807, 2.05) is 31.2 Å². The Kier molecular flexibility index (Phi) is 45.4. The van der Waals surface area contributed by atoms with E-state index in [2.05, 4.69) is 34.1 Å². The second-order valence-corrected chi connectivity index (χ2v) is 33.3. The normalized spacial score (nSPS) is 12.6. The minimum Gasteiger partial charge on any atom is -0.497 e. The fourth-order valence-electron chi connectivity index (χ4n) is 20.6. The molecule has 1 aromatic heterocycles. The summed E-state index contributed by atoms with van der Waals surface area (Å²) in [4.78, 5) is 6.20. The number of nitrogens with zero attached hydrogens (tertiary/aromatic N) is 1. The lowest BCUT2D eigenvalue weighted by molar-refractivity contribution is 0.127. The van der Waals surface area contributed by atoms with Crippen LogP contribution in [0.15, 0.2) is 72.8 Å². The second kappa shape index (κ2) is 49.7. The Morgan fingerprint density at radius 2 is 0.727 bits per heavy atom. The van der Waals surface area contributed by atoms with Gasteiger partial charge in [-0.25, -0.2) is 8.78 Å². The maximum absolute atomic E-state index is 14.5. The van der Waals surface area contributed by atoms with Gasteiger partial charge in [-0.3, -0.25) is 4.90 Å². The molecule has 86 heteroatoms. The van der Waals surface area contributed by atoms with E-state index in [1.54, 1.807) is 20.3 Å². The third-order valence-corrected chi connectivity index (χ3v) is 25.4. The number of benzene rings is 4. The number of H-pyrrole nitrogens is 1. The van der Waals surface area contributed by atoms with Crippen molar-refractivity contribution in [2.45, 2.75) is 38.5 Å². The molecule has 0 fully saturated rings. The number of hydrogen-bond acceptors (Lipinski definition) is 4. The smallest absolute Gasteiger partial charge is 0.161 e. The van der Waals surface area contributed by atoms with Crippen molar-refractivity contribution in [3.8, 4) is 17.2 Å². The molecule has 81 radical (unpaired) electrons. The van der Waals surface area contributed by atoms with Crippen LogP contribution in [-0.4, -0.2) is 590 Å². The van der Waals surface area contributed by atoms with Crippen LogP contribution in [0.25, 0.3) is 10.9 Å². The number of aromatic nitrogens is 1. The van der Waals surface area contributed by atoms with Gasteiger partial charge in [0.25, 0.3) is 0 Å².